The second-order valence-electron chi connectivity index (χ2n) is 5.31. The molecule has 3 nitrogen and oxygen atoms in total. The Kier molecular flexibility index (Phi) is 7.01. The van der Waals surface area contributed by atoms with Crippen LogP contribution < -0.4 is 0 Å². The van der Waals surface area contributed by atoms with Gasteiger partial charge in [0.25, 0.3) is 0 Å². The molecule has 1 aliphatic rings. The van der Waals surface area contributed by atoms with Crippen LogP contribution in [-0.4, -0.2) is 61.8 Å². The van der Waals surface area contributed by atoms with Gasteiger partial charge in [-0.15, -0.1) is 0 Å². The summed E-state index contributed by atoms with van der Waals surface area (Å²) in [6.07, 6.45) is 6.21. The van der Waals surface area contributed by atoms with Crippen LogP contribution >= 0.6 is 0 Å². The number of hydrogen-bond acceptors (Lipinski definition) is 3. The van der Waals surface area contributed by atoms with Crippen molar-refractivity contribution in [3.05, 3.63) is 0 Å². The first-order valence-electron chi connectivity index (χ1n) is 6.70. The maximum atomic E-state index is 8.74. The fourth-order valence-corrected chi connectivity index (χ4v) is 2.39. The number of rotatable bonds is 7. The third-order valence-corrected chi connectivity index (χ3v) is 3.57. The lowest BCUT2D eigenvalue weighted by atomic mass is 9.93. The third-order valence-electron chi connectivity index (χ3n) is 3.57. The number of aliphatic hydroxyl groups excluding tert-OH is 1. The molecule has 1 fully saturated rings. The highest BCUT2D eigenvalue weighted by Crippen LogP contribution is 2.20. The van der Waals surface area contributed by atoms with Crippen LogP contribution in [-0.2, 0) is 0 Å². The minimum atomic E-state index is 0.347. The quantitative estimate of drug-likeness (QED) is 0.668. The van der Waals surface area contributed by atoms with Crippen LogP contribution in [0.5, 0.6) is 0 Å². The van der Waals surface area contributed by atoms with Crippen molar-refractivity contribution in [3.8, 4) is 0 Å². The molecule has 0 aromatic carbocycles. The zero-order valence-corrected chi connectivity index (χ0v) is 11.0. The average molecular weight is 228 g/mol. The normalized spacial score (nSPS) is 19.5. The molecule has 0 radical (unpaired) electrons. The number of nitrogens with zero attached hydrogens (tertiary/aromatic N) is 2. The fourth-order valence-electron chi connectivity index (χ4n) is 2.39. The van der Waals surface area contributed by atoms with Crippen molar-refractivity contribution in [1.29, 1.82) is 0 Å². The van der Waals surface area contributed by atoms with Gasteiger partial charge < -0.3 is 14.9 Å². The first-order chi connectivity index (χ1) is 7.72. The predicted octanol–water partition coefficient (Wildman–Crippen LogP) is 1.42. The summed E-state index contributed by atoms with van der Waals surface area (Å²) in [5.74, 6) is 0.941. The first-order valence-corrected chi connectivity index (χ1v) is 6.70. The molecule has 1 saturated heterocycles. The Balaban J connectivity index is 2.04. The standard InChI is InChI=1S/C13H28N2O/c1-14(2)9-5-13-6-10-15(11-7-13)8-3-4-12-16/h13,16H,3-12H2,1-2H3. The molecule has 0 aliphatic carbocycles. The molecule has 1 rings (SSSR count). The van der Waals surface area contributed by atoms with Crippen molar-refractivity contribution in [2.24, 2.45) is 5.92 Å². The summed E-state index contributed by atoms with van der Waals surface area (Å²) < 4.78 is 0. The Morgan fingerprint density at radius 2 is 1.88 bits per heavy atom. The summed E-state index contributed by atoms with van der Waals surface area (Å²) in [5, 5.41) is 8.74. The maximum Gasteiger partial charge on any atom is 0.0431 e. The largest absolute Gasteiger partial charge is 0.396 e. The van der Waals surface area contributed by atoms with E-state index in [4.69, 9.17) is 5.11 Å². The van der Waals surface area contributed by atoms with Crippen LogP contribution in [0.3, 0.4) is 0 Å². The van der Waals surface area contributed by atoms with Crippen molar-refractivity contribution in [2.45, 2.75) is 32.1 Å². The molecule has 16 heavy (non-hydrogen) atoms. The minimum absolute atomic E-state index is 0.347. The van der Waals surface area contributed by atoms with E-state index in [-0.39, 0.29) is 0 Å². The first kappa shape index (κ1) is 13.9. The van der Waals surface area contributed by atoms with Crippen LogP contribution in [0.15, 0.2) is 0 Å². The van der Waals surface area contributed by atoms with Gasteiger partial charge in [0.1, 0.15) is 0 Å². The van der Waals surface area contributed by atoms with Gasteiger partial charge in [-0.25, -0.2) is 0 Å². The van der Waals surface area contributed by atoms with Crippen molar-refractivity contribution in [1.82, 2.24) is 9.80 Å². The van der Waals surface area contributed by atoms with Gasteiger partial charge in [-0.1, -0.05) is 0 Å². The maximum absolute atomic E-state index is 8.74. The molecular formula is C13H28N2O. The van der Waals surface area contributed by atoms with E-state index in [1.54, 1.807) is 0 Å². The third kappa shape index (κ3) is 5.83. The zero-order valence-electron chi connectivity index (χ0n) is 11.0. The molecule has 0 aromatic rings. The van der Waals surface area contributed by atoms with Gasteiger partial charge in [0, 0.05) is 6.61 Å². The molecule has 0 spiro atoms. The minimum Gasteiger partial charge on any atom is -0.396 e. The molecule has 1 heterocycles. The van der Waals surface area contributed by atoms with Crippen molar-refractivity contribution in [3.63, 3.8) is 0 Å². The van der Waals surface area contributed by atoms with E-state index < -0.39 is 0 Å². The molecule has 0 atom stereocenters. The van der Waals surface area contributed by atoms with Gasteiger partial charge in [0.05, 0.1) is 0 Å². The monoisotopic (exact) mass is 228 g/mol. The Morgan fingerprint density at radius 1 is 1.19 bits per heavy atom. The van der Waals surface area contributed by atoms with E-state index in [1.807, 2.05) is 0 Å². The number of hydrogen-bond donors (Lipinski definition) is 1. The van der Waals surface area contributed by atoms with Gasteiger partial charge in [-0.2, -0.15) is 0 Å². The van der Waals surface area contributed by atoms with E-state index in [0.717, 1.165) is 18.8 Å². The summed E-state index contributed by atoms with van der Waals surface area (Å²) in [6.45, 7) is 5.29. The second kappa shape index (κ2) is 8.04. The van der Waals surface area contributed by atoms with Crippen LogP contribution in [0, 0.1) is 5.92 Å². The van der Waals surface area contributed by atoms with Crippen molar-refractivity contribution in [2.75, 3.05) is 46.9 Å². The average Bonchev–Trinajstić information content (AvgIpc) is 2.28. The molecule has 0 saturated carbocycles. The fraction of sp³-hybridized carbons (Fsp3) is 1.00. The van der Waals surface area contributed by atoms with Gasteiger partial charge in [0.15, 0.2) is 0 Å². The Hall–Kier alpha value is -0.120. The zero-order chi connectivity index (χ0) is 11.8. The SMILES string of the molecule is CN(C)CCC1CCN(CCCCO)CC1. The Labute approximate surface area is 100 Å². The highest BCUT2D eigenvalue weighted by molar-refractivity contribution is 4.72. The van der Waals surface area contributed by atoms with Crippen molar-refractivity contribution < 1.29 is 5.11 Å². The topological polar surface area (TPSA) is 26.7 Å². The summed E-state index contributed by atoms with van der Waals surface area (Å²) in [4.78, 5) is 4.84. The molecule has 0 unspecified atom stereocenters. The molecule has 0 amide bonds. The predicted molar refractivity (Wildman–Crippen MR) is 68.7 cm³/mol. The van der Waals surface area contributed by atoms with E-state index >= 15 is 0 Å². The Bertz CT molecular complexity index is 165. The van der Waals surface area contributed by atoms with E-state index in [1.165, 1.54) is 45.4 Å². The second-order valence-corrected chi connectivity index (χ2v) is 5.31. The molecule has 0 bridgehead atoms. The summed E-state index contributed by atoms with van der Waals surface area (Å²) in [7, 11) is 4.31. The molecular weight excluding hydrogens is 200 g/mol. The van der Waals surface area contributed by atoms with Gasteiger partial charge in [-0.05, 0) is 78.3 Å². The lowest BCUT2D eigenvalue weighted by Crippen LogP contribution is -2.35. The van der Waals surface area contributed by atoms with E-state index in [2.05, 4.69) is 23.9 Å². The molecule has 96 valence electrons. The van der Waals surface area contributed by atoms with Gasteiger partial charge in [0.2, 0.25) is 0 Å². The molecule has 3 heteroatoms. The lowest BCUT2D eigenvalue weighted by Gasteiger charge is -2.32. The Morgan fingerprint density at radius 3 is 2.44 bits per heavy atom. The van der Waals surface area contributed by atoms with E-state index in [0.29, 0.717) is 6.61 Å². The van der Waals surface area contributed by atoms with Crippen LogP contribution in [0.1, 0.15) is 32.1 Å². The highest BCUT2D eigenvalue weighted by Gasteiger charge is 2.18. The van der Waals surface area contributed by atoms with E-state index in [9.17, 15) is 0 Å². The number of aliphatic hydroxyl groups is 1. The lowest BCUT2D eigenvalue weighted by molar-refractivity contribution is 0.165. The highest BCUT2D eigenvalue weighted by atomic mass is 16.2. The summed E-state index contributed by atoms with van der Waals surface area (Å²) in [6, 6.07) is 0. The van der Waals surface area contributed by atoms with Crippen LogP contribution in [0.4, 0.5) is 0 Å². The van der Waals surface area contributed by atoms with Gasteiger partial charge >= 0.3 is 0 Å². The summed E-state index contributed by atoms with van der Waals surface area (Å²) >= 11 is 0. The summed E-state index contributed by atoms with van der Waals surface area (Å²) in [5.41, 5.74) is 0. The number of likely N-dealkylation sites (tertiary alicyclic amines) is 1. The van der Waals surface area contributed by atoms with Crippen LogP contribution in [0.25, 0.3) is 0 Å². The van der Waals surface area contributed by atoms with Gasteiger partial charge in [-0.3, -0.25) is 0 Å². The van der Waals surface area contributed by atoms with Crippen LogP contribution in [0.2, 0.25) is 0 Å². The molecule has 1 N–H and O–H groups in total. The smallest absolute Gasteiger partial charge is 0.0431 e. The molecule has 0 aromatic heterocycles. The van der Waals surface area contributed by atoms with Crippen molar-refractivity contribution >= 4 is 0 Å². The molecule has 1 aliphatic heterocycles. The number of piperidine rings is 1. The number of unbranched alkanes of at least 4 members (excludes halogenated alkanes) is 1.